The normalized spacial score (nSPS) is 23.4. The van der Waals surface area contributed by atoms with Gasteiger partial charge in [-0.3, -0.25) is 0 Å². The highest BCUT2D eigenvalue weighted by Crippen LogP contribution is 2.50. The number of fused-ring (bicyclic) bond motifs is 3. The van der Waals surface area contributed by atoms with Gasteiger partial charge in [-0.1, -0.05) is 6.07 Å². The summed E-state index contributed by atoms with van der Waals surface area (Å²) in [5, 5.41) is 3.48. The summed E-state index contributed by atoms with van der Waals surface area (Å²) in [6.07, 6.45) is -3.36. The fraction of sp³-hybridized carbons (Fsp3) is 0.455. The van der Waals surface area contributed by atoms with Crippen LogP contribution < -0.4 is 15.0 Å². The molecule has 1 N–H and O–H groups in total. The van der Waals surface area contributed by atoms with E-state index in [4.69, 9.17) is 4.74 Å². The van der Waals surface area contributed by atoms with E-state index in [1.54, 1.807) is 12.1 Å². The first kappa shape index (κ1) is 19.1. The average molecular weight is 421 g/mol. The Morgan fingerprint density at radius 2 is 2.07 bits per heavy atom. The summed E-state index contributed by atoms with van der Waals surface area (Å²) in [6, 6.07) is 8.71. The fourth-order valence-corrected chi connectivity index (χ4v) is 5.99. The van der Waals surface area contributed by atoms with E-state index in [2.05, 4.69) is 10.2 Å². The molecule has 3 aliphatic heterocycles. The molecule has 0 amide bonds. The van der Waals surface area contributed by atoms with Gasteiger partial charge in [0.1, 0.15) is 5.75 Å². The van der Waals surface area contributed by atoms with E-state index in [0.29, 0.717) is 17.5 Å². The molecule has 0 aliphatic carbocycles. The molecule has 0 unspecified atom stereocenters. The molecule has 2 aromatic rings. The highest BCUT2D eigenvalue weighted by atomic mass is 32.2. The maximum atomic E-state index is 13.8. The van der Waals surface area contributed by atoms with E-state index >= 15 is 0 Å². The van der Waals surface area contributed by atoms with Crippen LogP contribution in [0.5, 0.6) is 5.75 Å². The minimum atomic E-state index is -4.44. The van der Waals surface area contributed by atoms with Crippen molar-refractivity contribution in [2.75, 3.05) is 37.4 Å². The molecular weight excluding hydrogens is 397 g/mol. The zero-order valence-electron chi connectivity index (χ0n) is 16.2. The van der Waals surface area contributed by atoms with Crippen LogP contribution in [0.4, 0.5) is 18.9 Å². The molecule has 3 nitrogen and oxygen atoms in total. The molecule has 2 aromatic carbocycles. The molecule has 0 saturated carbocycles. The Labute approximate surface area is 172 Å². The Kier molecular flexibility index (Phi) is 4.70. The van der Waals surface area contributed by atoms with Crippen molar-refractivity contribution in [2.45, 2.75) is 30.3 Å². The van der Waals surface area contributed by atoms with Crippen molar-refractivity contribution in [3.63, 3.8) is 0 Å². The Morgan fingerprint density at radius 3 is 2.86 bits per heavy atom. The molecule has 3 aliphatic rings. The van der Waals surface area contributed by atoms with Gasteiger partial charge in [0, 0.05) is 42.2 Å². The molecule has 1 fully saturated rings. The topological polar surface area (TPSA) is 24.5 Å². The predicted octanol–water partition coefficient (Wildman–Crippen LogP) is 4.89. The van der Waals surface area contributed by atoms with Crippen molar-refractivity contribution >= 4 is 17.4 Å². The zero-order chi connectivity index (χ0) is 20.2. The van der Waals surface area contributed by atoms with E-state index in [1.807, 2.05) is 23.9 Å². The maximum absolute atomic E-state index is 13.8. The van der Waals surface area contributed by atoms with Gasteiger partial charge in [0.2, 0.25) is 0 Å². The molecule has 2 atom stereocenters. The van der Waals surface area contributed by atoms with Crippen LogP contribution in [0.25, 0.3) is 11.1 Å². The number of halogens is 3. The third-order valence-corrected chi connectivity index (χ3v) is 7.31. The average Bonchev–Trinajstić information content (AvgIpc) is 2.88. The van der Waals surface area contributed by atoms with E-state index in [1.165, 1.54) is 23.9 Å². The Bertz CT molecular complexity index is 946. The minimum absolute atomic E-state index is 0.221. The van der Waals surface area contributed by atoms with Crippen LogP contribution in [-0.2, 0) is 11.9 Å². The van der Waals surface area contributed by atoms with E-state index in [9.17, 15) is 13.2 Å². The molecule has 29 heavy (non-hydrogen) atoms. The molecule has 0 bridgehead atoms. The number of methoxy groups -OCH3 is 1. The van der Waals surface area contributed by atoms with Gasteiger partial charge < -0.3 is 15.0 Å². The molecule has 0 aromatic heterocycles. The number of hydrogen-bond acceptors (Lipinski definition) is 4. The number of anilines is 1. The number of nitrogens with zero attached hydrogens (tertiary/aromatic N) is 1. The summed E-state index contributed by atoms with van der Waals surface area (Å²) >= 11 is 1.86. The predicted molar refractivity (Wildman–Crippen MR) is 111 cm³/mol. The van der Waals surface area contributed by atoms with Gasteiger partial charge in [-0.05, 0) is 59.5 Å². The number of benzene rings is 2. The minimum Gasteiger partial charge on any atom is -0.497 e. The van der Waals surface area contributed by atoms with Crippen molar-refractivity contribution < 1.29 is 17.9 Å². The number of hydrogen-bond donors (Lipinski definition) is 1. The van der Waals surface area contributed by atoms with Crippen LogP contribution in [0.15, 0.2) is 30.3 Å². The molecule has 1 saturated heterocycles. The Hall–Kier alpha value is -1.86. The van der Waals surface area contributed by atoms with Crippen LogP contribution in [-0.4, -0.2) is 38.5 Å². The lowest BCUT2D eigenvalue weighted by Gasteiger charge is -2.33. The van der Waals surface area contributed by atoms with Crippen molar-refractivity contribution in [1.29, 1.82) is 0 Å². The largest absolute Gasteiger partial charge is 0.497 e. The monoisotopic (exact) mass is 420 g/mol. The highest BCUT2D eigenvalue weighted by Gasteiger charge is 2.42. The van der Waals surface area contributed by atoms with Gasteiger partial charge in [-0.15, -0.1) is 0 Å². The van der Waals surface area contributed by atoms with Crippen LogP contribution >= 0.6 is 11.8 Å². The maximum Gasteiger partial charge on any atom is 0.417 e. The van der Waals surface area contributed by atoms with Crippen LogP contribution in [0.2, 0.25) is 0 Å². The first-order valence-electron chi connectivity index (χ1n) is 9.95. The molecule has 3 heterocycles. The van der Waals surface area contributed by atoms with E-state index in [0.717, 1.165) is 43.6 Å². The molecule has 5 rings (SSSR count). The SMILES string of the molecule is COc1ccc(-c2cc3c4c(c2)[C@@H]2CNCC[C@@H]2N4CCSC3)c(C(F)(F)F)c1. The van der Waals surface area contributed by atoms with Crippen LogP contribution in [0.3, 0.4) is 0 Å². The smallest absolute Gasteiger partial charge is 0.417 e. The van der Waals surface area contributed by atoms with E-state index < -0.39 is 11.7 Å². The molecular formula is C22H23F3N2OS. The van der Waals surface area contributed by atoms with Crippen molar-refractivity contribution in [2.24, 2.45) is 0 Å². The van der Waals surface area contributed by atoms with Crippen molar-refractivity contribution in [1.82, 2.24) is 5.32 Å². The standard InChI is InChI=1S/C22H23F3N2OS/c1-28-15-2-3-16(19(10-15)22(23,24)25)13-8-14-12-29-7-6-27-20-4-5-26-11-18(20)17(9-13)21(14)27/h2-3,8-10,18,20,26H,4-7,11-12H2,1H3/t18-,20-/m0/s1. The lowest BCUT2D eigenvalue weighted by atomic mass is 9.87. The Morgan fingerprint density at radius 1 is 1.21 bits per heavy atom. The first-order chi connectivity index (χ1) is 14.0. The van der Waals surface area contributed by atoms with Gasteiger partial charge in [0.15, 0.2) is 0 Å². The Balaban J connectivity index is 1.69. The van der Waals surface area contributed by atoms with Gasteiger partial charge in [-0.25, -0.2) is 0 Å². The van der Waals surface area contributed by atoms with Gasteiger partial charge in [0.05, 0.1) is 12.7 Å². The second kappa shape index (κ2) is 7.13. The summed E-state index contributed by atoms with van der Waals surface area (Å²) in [5.41, 5.74) is 3.89. The second-order valence-corrected chi connectivity index (χ2v) is 9.00. The number of rotatable bonds is 2. The third kappa shape index (κ3) is 3.19. The summed E-state index contributed by atoms with van der Waals surface area (Å²) in [4.78, 5) is 2.53. The van der Waals surface area contributed by atoms with Gasteiger partial charge in [0.25, 0.3) is 0 Å². The molecule has 7 heteroatoms. The van der Waals surface area contributed by atoms with Gasteiger partial charge in [-0.2, -0.15) is 24.9 Å². The summed E-state index contributed by atoms with van der Waals surface area (Å²) in [7, 11) is 1.39. The number of alkyl halides is 3. The highest BCUT2D eigenvalue weighted by molar-refractivity contribution is 7.98. The second-order valence-electron chi connectivity index (χ2n) is 7.90. The van der Waals surface area contributed by atoms with Crippen molar-refractivity contribution in [3.8, 4) is 16.9 Å². The van der Waals surface area contributed by atoms with Crippen LogP contribution in [0.1, 0.15) is 29.0 Å². The molecule has 154 valence electrons. The summed E-state index contributed by atoms with van der Waals surface area (Å²) in [5.74, 6) is 2.46. The van der Waals surface area contributed by atoms with Gasteiger partial charge >= 0.3 is 6.18 Å². The van der Waals surface area contributed by atoms with E-state index in [-0.39, 0.29) is 11.3 Å². The number of ether oxygens (including phenoxy) is 1. The number of thioether (sulfide) groups is 1. The summed E-state index contributed by atoms with van der Waals surface area (Å²) < 4.78 is 46.6. The summed E-state index contributed by atoms with van der Waals surface area (Å²) in [6.45, 7) is 2.90. The third-order valence-electron chi connectivity index (χ3n) is 6.33. The van der Waals surface area contributed by atoms with Crippen LogP contribution in [0, 0.1) is 0 Å². The lowest BCUT2D eigenvalue weighted by Crippen LogP contribution is -2.44. The number of piperidine rings is 1. The molecule has 0 radical (unpaired) electrons. The lowest BCUT2D eigenvalue weighted by molar-refractivity contribution is -0.137. The first-order valence-corrected chi connectivity index (χ1v) is 11.1. The number of nitrogens with one attached hydrogen (secondary N) is 1. The fourth-order valence-electron chi connectivity index (χ4n) is 5.08. The molecule has 0 spiro atoms. The quantitative estimate of drug-likeness (QED) is 0.748. The zero-order valence-corrected chi connectivity index (χ0v) is 17.0. The van der Waals surface area contributed by atoms with Crippen molar-refractivity contribution in [3.05, 3.63) is 47.0 Å².